The van der Waals surface area contributed by atoms with Crippen LogP contribution in [0.15, 0.2) is 34.7 Å². The third kappa shape index (κ3) is 2.94. The maximum atomic E-state index is 11.5. The molecule has 0 aromatic heterocycles. The number of rotatable bonds is 4. The second kappa shape index (κ2) is 6.25. The molecule has 1 fully saturated rings. The molecule has 2 heterocycles. The van der Waals surface area contributed by atoms with Crippen molar-refractivity contribution in [1.29, 1.82) is 0 Å². The lowest BCUT2D eigenvalue weighted by molar-refractivity contribution is -0.135. The summed E-state index contributed by atoms with van der Waals surface area (Å²) in [6.07, 6.45) is 3.54. The smallest absolute Gasteiger partial charge is 0.333 e. The highest BCUT2D eigenvalue weighted by molar-refractivity contribution is 7.98. The predicted molar refractivity (Wildman–Crippen MR) is 88.2 cm³/mol. The van der Waals surface area contributed by atoms with Crippen LogP contribution in [0.1, 0.15) is 5.56 Å². The summed E-state index contributed by atoms with van der Waals surface area (Å²) in [6.45, 7) is 1.40. The lowest BCUT2D eigenvalue weighted by Gasteiger charge is -2.39. The molecular weight excluding hydrogens is 316 g/mol. The van der Waals surface area contributed by atoms with Crippen LogP contribution in [-0.4, -0.2) is 53.6 Å². The zero-order valence-corrected chi connectivity index (χ0v) is 13.5. The van der Waals surface area contributed by atoms with Crippen LogP contribution in [0.2, 0.25) is 0 Å². The van der Waals surface area contributed by atoms with E-state index < -0.39 is 18.0 Å². The standard InChI is InChI=1S/C16H18N2O4S/c1-23-10-3-2-9-6-13-15(11(16(21)22)8-14(19)20)17-4-5-18(13)12(9)7-10/h2-3,7-8,13,15,17H,4-6H2,1H3,(H,19,20)(H,21,22)/b11-8+. The van der Waals surface area contributed by atoms with Gasteiger partial charge in [0.05, 0.1) is 17.7 Å². The van der Waals surface area contributed by atoms with Gasteiger partial charge in [0.2, 0.25) is 0 Å². The first-order valence-electron chi connectivity index (χ1n) is 7.36. The van der Waals surface area contributed by atoms with E-state index in [0.29, 0.717) is 13.0 Å². The molecule has 2 unspecified atom stereocenters. The van der Waals surface area contributed by atoms with E-state index in [1.165, 1.54) is 10.5 Å². The van der Waals surface area contributed by atoms with Gasteiger partial charge in [0, 0.05) is 29.7 Å². The van der Waals surface area contributed by atoms with E-state index in [4.69, 9.17) is 5.11 Å². The number of nitrogens with one attached hydrogen (secondary N) is 1. The molecule has 2 atom stereocenters. The Hall–Kier alpha value is -1.99. The van der Waals surface area contributed by atoms with Crippen molar-refractivity contribution in [3.63, 3.8) is 0 Å². The number of carboxylic acids is 2. The molecule has 3 rings (SSSR count). The summed E-state index contributed by atoms with van der Waals surface area (Å²) in [7, 11) is 0. The average Bonchev–Trinajstić information content (AvgIpc) is 2.90. The Morgan fingerprint density at radius 2 is 2.17 bits per heavy atom. The molecule has 0 bridgehead atoms. The number of aliphatic carboxylic acids is 2. The lowest BCUT2D eigenvalue weighted by atomic mass is 9.94. The summed E-state index contributed by atoms with van der Waals surface area (Å²) in [5.74, 6) is -2.42. The minimum absolute atomic E-state index is 0.0717. The highest BCUT2D eigenvalue weighted by atomic mass is 32.2. The van der Waals surface area contributed by atoms with Crippen molar-refractivity contribution < 1.29 is 19.8 Å². The number of piperazine rings is 1. The molecule has 7 heteroatoms. The van der Waals surface area contributed by atoms with Crippen LogP contribution in [0.3, 0.4) is 0 Å². The largest absolute Gasteiger partial charge is 0.478 e. The molecular formula is C16H18N2O4S. The van der Waals surface area contributed by atoms with Gasteiger partial charge in [-0.15, -0.1) is 11.8 Å². The monoisotopic (exact) mass is 334 g/mol. The van der Waals surface area contributed by atoms with Crippen LogP contribution >= 0.6 is 11.8 Å². The van der Waals surface area contributed by atoms with Gasteiger partial charge in [-0.3, -0.25) is 0 Å². The van der Waals surface area contributed by atoms with Crippen molar-refractivity contribution in [3.05, 3.63) is 35.4 Å². The van der Waals surface area contributed by atoms with E-state index in [1.54, 1.807) is 11.8 Å². The summed E-state index contributed by atoms with van der Waals surface area (Å²) in [6, 6.07) is 5.71. The molecule has 2 aliphatic rings. The predicted octanol–water partition coefficient (Wildman–Crippen LogP) is 1.21. The fourth-order valence-electron chi connectivity index (χ4n) is 3.42. The van der Waals surface area contributed by atoms with E-state index in [9.17, 15) is 14.7 Å². The molecule has 1 aromatic carbocycles. The Kier molecular flexibility index (Phi) is 4.32. The van der Waals surface area contributed by atoms with Gasteiger partial charge < -0.3 is 20.4 Å². The van der Waals surface area contributed by atoms with Crippen LogP contribution in [0, 0.1) is 0 Å². The maximum absolute atomic E-state index is 11.5. The van der Waals surface area contributed by atoms with Gasteiger partial charge in [0.1, 0.15) is 0 Å². The van der Waals surface area contributed by atoms with Gasteiger partial charge in [-0.05, 0) is 30.4 Å². The third-order valence-corrected chi connectivity index (χ3v) is 5.12. The van der Waals surface area contributed by atoms with Gasteiger partial charge >= 0.3 is 11.9 Å². The van der Waals surface area contributed by atoms with Crippen molar-refractivity contribution in [2.45, 2.75) is 23.4 Å². The number of carboxylic acid groups (broad SMARTS) is 2. The first-order chi connectivity index (χ1) is 11.0. The second-order valence-corrected chi connectivity index (χ2v) is 6.51. The fourth-order valence-corrected chi connectivity index (χ4v) is 3.85. The van der Waals surface area contributed by atoms with Crippen LogP contribution in [0.5, 0.6) is 0 Å². The van der Waals surface area contributed by atoms with Crippen LogP contribution in [0.25, 0.3) is 0 Å². The Balaban J connectivity index is 1.95. The zero-order valence-electron chi connectivity index (χ0n) is 12.7. The number of hydrogen-bond donors (Lipinski definition) is 3. The normalized spacial score (nSPS) is 23.3. The Morgan fingerprint density at radius 1 is 1.39 bits per heavy atom. The maximum Gasteiger partial charge on any atom is 0.333 e. The van der Waals surface area contributed by atoms with Crippen molar-refractivity contribution in [1.82, 2.24) is 5.32 Å². The summed E-state index contributed by atoms with van der Waals surface area (Å²) in [4.78, 5) is 25.8. The average molecular weight is 334 g/mol. The van der Waals surface area contributed by atoms with Crippen molar-refractivity contribution in [2.24, 2.45) is 0 Å². The number of fused-ring (bicyclic) bond motifs is 3. The molecule has 122 valence electrons. The number of thioether (sulfide) groups is 1. The molecule has 0 aliphatic carbocycles. The second-order valence-electron chi connectivity index (χ2n) is 5.63. The summed E-state index contributed by atoms with van der Waals surface area (Å²) in [5.41, 5.74) is 2.22. The summed E-state index contributed by atoms with van der Waals surface area (Å²) >= 11 is 1.67. The van der Waals surface area contributed by atoms with E-state index >= 15 is 0 Å². The van der Waals surface area contributed by atoms with Gasteiger partial charge in [-0.2, -0.15) is 0 Å². The van der Waals surface area contributed by atoms with E-state index in [-0.39, 0.29) is 11.6 Å². The molecule has 0 saturated carbocycles. The van der Waals surface area contributed by atoms with Gasteiger partial charge in [0.15, 0.2) is 0 Å². The Morgan fingerprint density at radius 3 is 2.83 bits per heavy atom. The minimum Gasteiger partial charge on any atom is -0.478 e. The van der Waals surface area contributed by atoms with Crippen molar-refractivity contribution >= 4 is 29.4 Å². The van der Waals surface area contributed by atoms with Crippen LogP contribution in [-0.2, 0) is 16.0 Å². The highest BCUT2D eigenvalue weighted by Crippen LogP contribution is 2.38. The summed E-state index contributed by atoms with van der Waals surface area (Å²) < 4.78 is 0. The molecule has 3 N–H and O–H groups in total. The topological polar surface area (TPSA) is 89.9 Å². The highest BCUT2D eigenvalue weighted by Gasteiger charge is 2.41. The van der Waals surface area contributed by atoms with Gasteiger partial charge in [0.25, 0.3) is 0 Å². The van der Waals surface area contributed by atoms with E-state index in [0.717, 1.165) is 18.3 Å². The van der Waals surface area contributed by atoms with Crippen molar-refractivity contribution in [3.8, 4) is 0 Å². The van der Waals surface area contributed by atoms with Crippen molar-refractivity contribution in [2.75, 3.05) is 24.2 Å². The molecule has 6 nitrogen and oxygen atoms in total. The lowest BCUT2D eigenvalue weighted by Crippen LogP contribution is -2.58. The van der Waals surface area contributed by atoms with Gasteiger partial charge in [-0.25, -0.2) is 9.59 Å². The molecule has 1 aromatic rings. The first kappa shape index (κ1) is 15.9. The Bertz CT molecular complexity index is 689. The minimum atomic E-state index is -1.23. The van der Waals surface area contributed by atoms with Crippen LogP contribution in [0.4, 0.5) is 5.69 Å². The van der Waals surface area contributed by atoms with Gasteiger partial charge in [-0.1, -0.05) is 6.07 Å². The van der Waals surface area contributed by atoms with Crippen LogP contribution < -0.4 is 10.2 Å². The first-order valence-corrected chi connectivity index (χ1v) is 8.58. The van der Waals surface area contributed by atoms with E-state index in [2.05, 4.69) is 28.4 Å². The summed E-state index contributed by atoms with van der Waals surface area (Å²) in [5, 5.41) is 21.5. The Labute approximate surface area is 138 Å². The molecule has 0 spiro atoms. The number of benzene rings is 1. The third-order valence-electron chi connectivity index (χ3n) is 4.39. The number of nitrogens with zero attached hydrogens (tertiary/aromatic N) is 1. The quantitative estimate of drug-likeness (QED) is 0.563. The van der Waals surface area contributed by atoms with E-state index in [1.807, 2.05) is 6.26 Å². The zero-order chi connectivity index (χ0) is 16.6. The SMILES string of the molecule is CSc1ccc2c(c1)N1CCNC(/C(=C\C(=O)O)C(=O)O)C1C2. The number of anilines is 1. The number of hydrogen-bond acceptors (Lipinski definition) is 5. The molecule has 0 amide bonds. The number of carbonyl (C=O) groups is 2. The molecule has 1 saturated heterocycles. The molecule has 23 heavy (non-hydrogen) atoms. The fraction of sp³-hybridized carbons (Fsp3) is 0.375. The molecule has 0 radical (unpaired) electrons. The molecule has 2 aliphatic heterocycles.